The predicted molar refractivity (Wildman–Crippen MR) is 82.6 cm³/mol. The van der Waals surface area contributed by atoms with Gasteiger partial charge in [0.05, 0.1) is 24.5 Å². The molecule has 0 spiro atoms. The van der Waals surface area contributed by atoms with Gasteiger partial charge in [0.15, 0.2) is 0 Å². The first-order chi connectivity index (χ1) is 10.4. The summed E-state index contributed by atoms with van der Waals surface area (Å²) in [6, 6.07) is 3.76. The van der Waals surface area contributed by atoms with Crippen molar-refractivity contribution in [1.82, 2.24) is 24.9 Å². The van der Waals surface area contributed by atoms with Crippen molar-refractivity contribution in [3.63, 3.8) is 0 Å². The summed E-state index contributed by atoms with van der Waals surface area (Å²) in [5.74, 6) is -0.181. The molecule has 22 heavy (non-hydrogen) atoms. The molecular weight excluding hydrogens is 282 g/mol. The Hall–Kier alpha value is -2.15. The highest BCUT2D eigenvalue weighted by atomic mass is 16.3. The molecule has 0 aliphatic carbocycles. The number of nitrogens with one attached hydrogen (secondary N) is 1. The van der Waals surface area contributed by atoms with Gasteiger partial charge in [-0.15, -0.1) is 0 Å². The third-order valence-corrected chi connectivity index (χ3v) is 3.50. The molecule has 7 nitrogen and oxygen atoms in total. The average molecular weight is 305 g/mol. The molecule has 0 aliphatic rings. The Kier molecular flexibility index (Phi) is 4.97. The number of carbonyl (C=O) groups excluding carboxylic acids is 1. The topological polar surface area (TPSA) is 87.0 Å². The molecule has 120 valence electrons. The maximum atomic E-state index is 12.4. The van der Waals surface area contributed by atoms with Crippen molar-refractivity contribution in [2.24, 2.45) is 0 Å². The lowest BCUT2D eigenvalue weighted by Crippen LogP contribution is -2.39. The van der Waals surface area contributed by atoms with Gasteiger partial charge < -0.3 is 10.0 Å². The lowest BCUT2D eigenvalue weighted by molar-refractivity contribution is 0.0659. The van der Waals surface area contributed by atoms with Gasteiger partial charge in [-0.05, 0) is 39.8 Å². The van der Waals surface area contributed by atoms with Crippen LogP contribution in [0.3, 0.4) is 0 Å². The highest BCUT2D eigenvalue weighted by Crippen LogP contribution is 2.10. The van der Waals surface area contributed by atoms with Crippen molar-refractivity contribution >= 4 is 5.91 Å². The number of aliphatic hydroxyl groups excluding tert-OH is 1. The zero-order valence-electron chi connectivity index (χ0n) is 13.5. The quantitative estimate of drug-likeness (QED) is 0.837. The number of aliphatic hydroxyl groups is 1. The molecule has 0 saturated heterocycles. The second-order valence-corrected chi connectivity index (χ2v) is 5.68. The van der Waals surface area contributed by atoms with Crippen LogP contribution in [0.15, 0.2) is 12.1 Å². The Labute approximate surface area is 129 Å². The number of aromatic nitrogens is 4. The van der Waals surface area contributed by atoms with Crippen LogP contribution in [0.2, 0.25) is 0 Å². The number of aromatic amines is 1. The van der Waals surface area contributed by atoms with E-state index in [9.17, 15) is 4.79 Å². The van der Waals surface area contributed by atoms with Crippen molar-refractivity contribution in [2.45, 2.75) is 40.3 Å². The fourth-order valence-electron chi connectivity index (χ4n) is 2.40. The first-order valence-electron chi connectivity index (χ1n) is 7.39. The summed E-state index contributed by atoms with van der Waals surface area (Å²) in [7, 11) is 0. The summed E-state index contributed by atoms with van der Waals surface area (Å²) < 4.78 is 1.87. The fraction of sp³-hybridized carbons (Fsp3) is 0.533. The molecule has 0 bridgehead atoms. The van der Waals surface area contributed by atoms with Crippen molar-refractivity contribution in [3.8, 4) is 0 Å². The maximum Gasteiger partial charge on any atom is 0.274 e. The Morgan fingerprint density at radius 1 is 1.41 bits per heavy atom. The van der Waals surface area contributed by atoms with Gasteiger partial charge in [0.25, 0.3) is 5.91 Å². The smallest absolute Gasteiger partial charge is 0.274 e. The molecule has 2 N–H and O–H groups in total. The number of H-pyrrole nitrogens is 1. The standard InChI is InChI=1S/C15H23N5O2/c1-10(2)19(5-6-21)15(22)14-8-13(16-17-14)9-20-12(4)7-11(3)18-20/h7-8,10,21H,5-6,9H2,1-4H3,(H,16,17). The molecule has 2 aromatic heterocycles. The molecule has 0 aliphatic heterocycles. The minimum Gasteiger partial charge on any atom is -0.395 e. The molecule has 2 heterocycles. The monoisotopic (exact) mass is 305 g/mol. The van der Waals surface area contributed by atoms with Crippen LogP contribution >= 0.6 is 0 Å². The normalized spacial score (nSPS) is 11.2. The van der Waals surface area contributed by atoms with E-state index in [1.165, 1.54) is 0 Å². The molecule has 0 atom stereocenters. The molecule has 0 unspecified atom stereocenters. The van der Waals surface area contributed by atoms with E-state index in [0.717, 1.165) is 17.1 Å². The second-order valence-electron chi connectivity index (χ2n) is 5.68. The zero-order chi connectivity index (χ0) is 16.3. The van der Waals surface area contributed by atoms with Crippen molar-refractivity contribution in [2.75, 3.05) is 13.2 Å². The number of carbonyl (C=O) groups is 1. The Bertz CT molecular complexity index is 644. The summed E-state index contributed by atoms with van der Waals surface area (Å²) in [6.07, 6.45) is 0. The Balaban J connectivity index is 2.13. The van der Waals surface area contributed by atoms with E-state index >= 15 is 0 Å². The summed E-state index contributed by atoms with van der Waals surface area (Å²) >= 11 is 0. The van der Waals surface area contributed by atoms with E-state index < -0.39 is 0 Å². The fourth-order valence-corrected chi connectivity index (χ4v) is 2.40. The number of nitrogens with zero attached hydrogens (tertiary/aromatic N) is 4. The molecule has 7 heteroatoms. The molecule has 2 rings (SSSR count). The third kappa shape index (κ3) is 3.54. The van der Waals surface area contributed by atoms with Gasteiger partial charge in [0.2, 0.25) is 0 Å². The number of hydrogen-bond donors (Lipinski definition) is 2. The van der Waals surface area contributed by atoms with E-state index in [1.807, 2.05) is 38.4 Å². The summed E-state index contributed by atoms with van der Waals surface area (Å²) in [5.41, 5.74) is 3.20. The average Bonchev–Trinajstić information content (AvgIpc) is 3.03. The van der Waals surface area contributed by atoms with Crippen LogP contribution in [0.5, 0.6) is 0 Å². The minimum absolute atomic E-state index is 0.0100. The van der Waals surface area contributed by atoms with Gasteiger partial charge >= 0.3 is 0 Å². The van der Waals surface area contributed by atoms with Crippen LogP contribution in [-0.2, 0) is 6.54 Å². The summed E-state index contributed by atoms with van der Waals surface area (Å²) in [4.78, 5) is 14.0. The zero-order valence-corrected chi connectivity index (χ0v) is 13.5. The first kappa shape index (κ1) is 16.2. The van der Waals surface area contributed by atoms with Gasteiger partial charge in [-0.3, -0.25) is 14.6 Å². The van der Waals surface area contributed by atoms with Crippen LogP contribution in [0.4, 0.5) is 0 Å². The molecule has 0 fully saturated rings. The highest BCUT2D eigenvalue weighted by Gasteiger charge is 2.21. The van der Waals surface area contributed by atoms with Crippen molar-refractivity contribution in [3.05, 3.63) is 34.9 Å². The molecule has 0 radical (unpaired) electrons. The minimum atomic E-state index is -0.181. The largest absolute Gasteiger partial charge is 0.395 e. The van der Waals surface area contributed by atoms with Crippen LogP contribution in [-0.4, -0.2) is 55.1 Å². The number of amides is 1. The van der Waals surface area contributed by atoms with Gasteiger partial charge in [0.1, 0.15) is 5.69 Å². The molecular formula is C15H23N5O2. The van der Waals surface area contributed by atoms with Crippen LogP contribution in [0, 0.1) is 13.8 Å². The Morgan fingerprint density at radius 2 is 2.14 bits per heavy atom. The summed E-state index contributed by atoms with van der Waals surface area (Å²) in [5, 5.41) is 20.5. The van der Waals surface area contributed by atoms with Gasteiger partial charge in [-0.2, -0.15) is 10.2 Å². The maximum absolute atomic E-state index is 12.4. The molecule has 0 aromatic carbocycles. The molecule has 1 amide bonds. The van der Waals surface area contributed by atoms with E-state index in [0.29, 0.717) is 18.8 Å². The lowest BCUT2D eigenvalue weighted by atomic mass is 10.2. The van der Waals surface area contributed by atoms with Gasteiger partial charge in [-0.1, -0.05) is 0 Å². The Morgan fingerprint density at radius 3 is 2.68 bits per heavy atom. The summed E-state index contributed by atoms with van der Waals surface area (Å²) in [6.45, 7) is 8.55. The predicted octanol–water partition coefficient (Wildman–Crippen LogP) is 1.11. The van der Waals surface area contributed by atoms with E-state index in [4.69, 9.17) is 5.11 Å². The number of hydrogen-bond acceptors (Lipinski definition) is 4. The lowest BCUT2D eigenvalue weighted by Gasteiger charge is -2.24. The SMILES string of the molecule is Cc1cc(C)n(Cc2cc(C(=O)N(CCO)C(C)C)n[nH]2)n1. The number of aryl methyl sites for hydroxylation is 2. The van der Waals surface area contributed by atoms with E-state index in [1.54, 1.807) is 11.0 Å². The van der Waals surface area contributed by atoms with E-state index in [2.05, 4.69) is 15.3 Å². The number of rotatable bonds is 6. The van der Waals surface area contributed by atoms with Crippen LogP contribution in [0.25, 0.3) is 0 Å². The third-order valence-electron chi connectivity index (χ3n) is 3.50. The first-order valence-corrected chi connectivity index (χ1v) is 7.39. The molecule has 2 aromatic rings. The van der Waals surface area contributed by atoms with Crippen LogP contribution < -0.4 is 0 Å². The van der Waals surface area contributed by atoms with Crippen molar-refractivity contribution in [1.29, 1.82) is 0 Å². The molecule has 0 saturated carbocycles. The van der Waals surface area contributed by atoms with Crippen molar-refractivity contribution < 1.29 is 9.90 Å². The van der Waals surface area contributed by atoms with E-state index in [-0.39, 0.29) is 18.6 Å². The van der Waals surface area contributed by atoms with Gasteiger partial charge in [-0.25, -0.2) is 0 Å². The van der Waals surface area contributed by atoms with Gasteiger partial charge in [0, 0.05) is 18.3 Å². The highest BCUT2D eigenvalue weighted by molar-refractivity contribution is 5.92. The second kappa shape index (κ2) is 6.74. The van der Waals surface area contributed by atoms with Crippen LogP contribution in [0.1, 0.15) is 41.4 Å².